The number of methoxy groups -OCH3 is 1. The molecule has 0 aliphatic carbocycles. The van der Waals surface area contributed by atoms with E-state index in [1.54, 1.807) is 14.7 Å². The largest absolute Gasteiger partial charge is 0.549 e. The van der Waals surface area contributed by atoms with E-state index in [1.165, 1.54) is 12.0 Å². The van der Waals surface area contributed by atoms with Crippen LogP contribution in [-0.2, 0) is 28.7 Å². The third-order valence-electron chi connectivity index (χ3n) is 5.59. The summed E-state index contributed by atoms with van der Waals surface area (Å²) >= 11 is 0. The van der Waals surface area contributed by atoms with E-state index in [0.29, 0.717) is 0 Å². The summed E-state index contributed by atoms with van der Waals surface area (Å²) in [6.45, 7) is -0.158. The minimum absolute atomic E-state index is 0.0668. The minimum atomic E-state index is -1.32. The molecule has 0 saturated carbocycles. The van der Waals surface area contributed by atoms with Gasteiger partial charge >= 0.3 is 5.97 Å². The highest BCUT2D eigenvalue weighted by molar-refractivity contribution is 5.82. The maximum Gasteiger partial charge on any atom is 0.323 e. The summed E-state index contributed by atoms with van der Waals surface area (Å²) in [6, 6.07) is 0. The number of hydrogen-bond acceptors (Lipinski definition) is 13. The fourth-order valence-corrected chi connectivity index (χ4v) is 3.71. The zero-order valence-corrected chi connectivity index (χ0v) is 20.5. The van der Waals surface area contributed by atoms with Gasteiger partial charge in [0.15, 0.2) is 0 Å². The third kappa shape index (κ3) is 13.9. The highest BCUT2D eigenvalue weighted by Gasteiger charge is 2.22. The number of carbonyl (C=O) groups excluding carboxylic acids is 4. The molecule has 0 aromatic heterocycles. The Hall–Kier alpha value is -2.85. The van der Waals surface area contributed by atoms with Crippen molar-refractivity contribution in [3.8, 4) is 0 Å². The van der Waals surface area contributed by atoms with E-state index in [0.717, 1.165) is 4.90 Å². The fraction of sp³-hybridized carbons (Fsp3) is 0.762. The number of carboxylic acids is 4. The molecule has 0 spiro atoms. The number of carbonyl (C=O) groups is 5. The van der Waals surface area contributed by atoms with Gasteiger partial charge in [-0.05, 0) is 0 Å². The molecule has 1 fully saturated rings. The Kier molecular flexibility index (Phi) is 14.5. The van der Waals surface area contributed by atoms with Crippen molar-refractivity contribution in [3.05, 3.63) is 0 Å². The summed E-state index contributed by atoms with van der Waals surface area (Å²) in [6.07, 6.45) is 0. The van der Waals surface area contributed by atoms with Gasteiger partial charge in [-0.25, -0.2) is 0 Å². The summed E-state index contributed by atoms with van der Waals surface area (Å²) in [5.41, 5.74) is 0. The van der Waals surface area contributed by atoms with E-state index in [4.69, 9.17) is 9.84 Å². The number of rotatable bonds is 13. The number of aliphatic carboxylic acids is 4. The molecule has 0 bridgehead atoms. The van der Waals surface area contributed by atoms with Crippen LogP contribution in [0, 0.1) is 0 Å². The van der Waals surface area contributed by atoms with Crippen LogP contribution in [-0.4, -0.2) is 165 Å². The lowest BCUT2D eigenvalue weighted by Gasteiger charge is -2.35. The van der Waals surface area contributed by atoms with Crippen molar-refractivity contribution in [2.45, 2.75) is 0 Å². The summed E-state index contributed by atoms with van der Waals surface area (Å²) < 4.78 is 4.94. The second kappa shape index (κ2) is 16.8. The Bertz CT molecular complexity index is 721. The first-order valence-corrected chi connectivity index (χ1v) is 11.5. The van der Waals surface area contributed by atoms with E-state index in [9.17, 15) is 39.3 Å². The van der Waals surface area contributed by atoms with Gasteiger partial charge < -0.3 is 44.4 Å². The van der Waals surface area contributed by atoms with Crippen molar-refractivity contribution in [2.24, 2.45) is 0 Å². The molecule has 1 N–H and O–H groups in total. The molecule has 36 heavy (non-hydrogen) atoms. The van der Waals surface area contributed by atoms with Gasteiger partial charge in [0.2, 0.25) is 5.91 Å². The molecule has 0 radical (unpaired) electrons. The van der Waals surface area contributed by atoms with E-state index < -0.39 is 56.0 Å². The minimum Gasteiger partial charge on any atom is -0.549 e. The second-order valence-corrected chi connectivity index (χ2v) is 8.42. The van der Waals surface area contributed by atoms with Crippen molar-refractivity contribution < 1.29 is 49.1 Å². The monoisotopic (exact) mass is 516 g/mol. The topological polar surface area (TPSA) is 200 Å². The first kappa shape index (κ1) is 31.2. The van der Waals surface area contributed by atoms with E-state index in [1.807, 2.05) is 0 Å². The van der Waals surface area contributed by atoms with Crippen molar-refractivity contribution in [1.29, 1.82) is 0 Å². The first-order chi connectivity index (χ1) is 17.0. The van der Waals surface area contributed by atoms with Crippen LogP contribution in [0.2, 0.25) is 0 Å². The zero-order chi connectivity index (χ0) is 27.1. The highest BCUT2D eigenvalue weighted by atomic mass is 16.5. The molecule has 1 amide bonds. The van der Waals surface area contributed by atoms with Crippen molar-refractivity contribution in [1.82, 2.24) is 24.5 Å². The summed E-state index contributed by atoms with van der Waals surface area (Å²) in [4.78, 5) is 65.0. The van der Waals surface area contributed by atoms with Gasteiger partial charge in [0.05, 0.1) is 31.1 Å². The van der Waals surface area contributed by atoms with Crippen LogP contribution in [0.1, 0.15) is 0 Å². The van der Waals surface area contributed by atoms with Crippen molar-refractivity contribution in [3.63, 3.8) is 0 Å². The van der Waals surface area contributed by atoms with E-state index >= 15 is 0 Å². The SMILES string of the molecule is COCCN(CC(=O)O)C(=O)CN1CCN(CC(=O)[O-])CCN(CC(=O)[O-])CCN(CC(=O)[O-])CC1. The number of ether oxygens (including phenoxy) is 1. The third-order valence-corrected chi connectivity index (χ3v) is 5.59. The average molecular weight is 517 g/mol. The molecule has 1 rings (SSSR count). The number of nitrogens with zero attached hydrogens (tertiary/aromatic N) is 5. The molecule has 0 unspecified atom stereocenters. The van der Waals surface area contributed by atoms with Crippen LogP contribution in [0.5, 0.6) is 0 Å². The normalized spacial score (nSPS) is 17.6. The molecule has 1 saturated heterocycles. The van der Waals surface area contributed by atoms with Crippen LogP contribution in [0.4, 0.5) is 0 Å². The maximum absolute atomic E-state index is 12.9. The van der Waals surface area contributed by atoms with Gasteiger partial charge in [-0.3, -0.25) is 29.2 Å². The molecule has 0 aromatic rings. The molecule has 0 atom stereocenters. The Balaban J connectivity index is 3.04. The summed E-state index contributed by atoms with van der Waals surface area (Å²) in [5.74, 6) is -5.61. The van der Waals surface area contributed by atoms with Gasteiger partial charge in [-0.15, -0.1) is 0 Å². The Labute approximate surface area is 209 Å². The molecular weight excluding hydrogens is 482 g/mol. The van der Waals surface area contributed by atoms with Crippen LogP contribution >= 0.6 is 0 Å². The van der Waals surface area contributed by atoms with Crippen LogP contribution < -0.4 is 15.3 Å². The number of amides is 1. The smallest absolute Gasteiger partial charge is 0.323 e. The van der Waals surface area contributed by atoms with Gasteiger partial charge in [0, 0.05) is 85.6 Å². The first-order valence-electron chi connectivity index (χ1n) is 11.5. The molecule has 1 heterocycles. The lowest BCUT2D eigenvalue weighted by atomic mass is 10.3. The summed E-state index contributed by atoms with van der Waals surface area (Å²) in [7, 11) is 1.42. The maximum atomic E-state index is 12.9. The number of hydrogen-bond donors (Lipinski definition) is 1. The Morgan fingerprint density at radius 2 is 1.03 bits per heavy atom. The standard InChI is InChI=1S/C21H37N5O10/c1-36-11-10-26(16-21(34)35)17(27)12-22-2-4-23(13-18(28)29)6-8-25(15-20(32)33)9-7-24(5-3-22)14-19(30)31/h2-16H2,1H3,(H,28,29)(H,30,31)(H,32,33)(H,34,35)/p-3. The van der Waals surface area contributed by atoms with Crippen LogP contribution in [0.15, 0.2) is 0 Å². The highest BCUT2D eigenvalue weighted by Crippen LogP contribution is 2.02. The van der Waals surface area contributed by atoms with E-state index in [2.05, 4.69) is 0 Å². The average Bonchev–Trinajstić information content (AvgIpc) is 2.76. The molecular formula is C21H34N5O10-3. The van der Waals surface area contributed by atoms with Gasteiger partial charge in [0.25, 0.3) is 0 Å². The predicted molar refractivity (Wildman–Crippen MR) is 117 cm³/mol. The molecule has 15 nitrogen and oxygen atoms in total. The van der Waals surface area contributed by atoms with Crippen molar-refractivity contribution >= 4 is 29.8 Å². The molecule has 15 heteroatoms. The quantitative estimate of drug-likeness (QED) is 0.242. The lowest BCUT2D eigenvalue weighted by Crippen LogP contribution is -2.52. The lowest BCUT2D eigenvalue weighted by molar-refractivity contribution is -0.308. The molecule has 1 aliphatic heterocycles. The van der Waals surface area contributed by atoms with Gasteiger partial charge in [-0.1, -0.05) is 0 Å². The molecule has 206 valence electrons. The van der Waals surface area contributed by atoms with Crippen LogP contribution in [0.25, 0.3) is 0 Å². The second-order valence-electron chi connectivity index (χ2n) is 8.42. The molecule has 0 aromatic carbocycles. The van der Waals surface area contributed by atoms with E-state index in [-0.39, 0.29) is 72.1 Å². The summed E-state index contributed by atoms with van der Waals surface area (Å²) in [5, 5.41) is 42.7. The zero-order valence-electron chi connectivity index (χ0n) is 20.5. The molecule has 1 aliphatic rings. The Morgan fingerprint density at radius 1 is 0.694 bits per heavy atom. The number of carboxylic acid groups (broad SMARTS) is 4. The fourth-order valence-electron chi connectivity index (χ4n) is 3.71. The predicted octanol–water partition coefficient (Wildman–Crippen LogP) is -6.98. The van der Waals surface area contributed by atoms with Gasteiger partial charge in [0.1, 0.15) is 6.54 Å². The van der Waals surface area contributed by atoms with Gasteiger partial charge in [-0.2, -0.15) is 0 Å². The van der Waals surface area contributed by atoms with Crippen molar-refractivity contribution in [2.75, 3.05) is 105 Å². The Morgan fingerprint density at radius 3 is 1.31 bits per heavy atom. The van der Waals surface area contributed by atoms with Crippen LogP contribution in [0.3, 0.4) is 0 Å².